The number of hydrogen-bond acceptors (Lipinski definition) is 3. The third kappa shape index (κ3) is 2.63. The molecule has 0 bridgehead atoms. The number of aromatic nitrogens is 2. The number of nitrogens with zero attached hydrogens (tertiary/aromatic N) is 3. The molecule has 1 aromatic carbocycles. The van der Waals surface area contributed by atoms with Gasteiger partial charge in [0.2, 0.25) is 0 Å². The molecule has 1 aliphatic heterocycles. The second-order valence-electron chi connectivity index (χ2n) is 5.71. The Morgan fingerprint density at radius 2 is 2.05 bits per heavy atom. The second-order valence-corrected chi connectivity index (χ2v) is 5.71. The van der Waals surface area contributed by atoms with E-state index in [1.165, 1.54) is 0 Å². The van der Waals surface area contributed by atoms with Crippen molar-refractivity contribution in [2.75, 3.05) is 19.0 Å². The van der Waals surface area contributed by atoms with Gasteiger partial charge in [-0.1, -0.05) is 12.1 Å². The van der Waals surface area contributed by atoms with Crippen molar-refractivity contribution in [2.45, 2.75) is 19.4 Å². The fourth-order valence-corrected chi connectivity index (χ4v) is 2.71. The third-order valence-corrected chi connectivity index (χ3v) is 4.02. The number of fused-ring (bicyclic) bond motifs is 1. The smallest absolute Gasteiger partial charge is 0.308 e. The van der Waals surface area contributed by atoms with Crippen LogP contribution in [0.4, 0.5) is 5.69 Å². The predicted octanol–water partition coefficient (Wildman–Crippen LogP) is 2.26. The van der Waals surface area contributed by atoms with Gasteiger partial charge in [-0.05, 0) is 18.6 Å². The van der Waals surface area contributed by atoms with E-state index in [1.807, 2.05) is 24.9 Å². The lowest BCUT2D eigenvalue weighted by atomic mass is 10.00. The van der Waals surface area contributed by atoms with Crippen LogP contribution in [0.5, 0.6) is 0 Å². The lowest BCUT2D eigenvalue weighted by molar-refractivity contribution is -0.142. The van der Waals surface area contributed by atoms with E-state index in [4.69, 9.17) is 5.11 Å². The minimum atomic E-state index is -0.716. The molecule has 5 nitrogen and oxygen atoms in total. The Labute approximate surface area is 123 Å². The number of hydrogen-bond donors (Lipinski definition) is 1. The maximum Gasteiger partial charge on any atom is 0.308 e. The maximum atomic E-state index is 11.1. The molecule has 2 aromatic rings. The van der Waals surface area contributed by atoms with Crippen molar-refractivity contribution in [2.24, 2.45) is 5.92 Å². The Morgan fingerprint density at radius 1 is 1.33 bits per heavy atom. The average Bonchev–Trinajstić information content (AvgIpc) is 2.90. The van der Waals surface area contributed by atoms with Crippen molar-refractivity contribution < 1.29 is 9.90 Å². The van der Waals surface area contributed by atoms with Crippen molar-refractivity contribution in [3.8, 4) is 11.3 Å². The van der Waals surface area contributed by atoms with Gasteiger partial charge in [0.15, 0.2) is 0 Å². The summed E-state index contributed by atoms with van der Waals surface area (Å²) in [5.41, 5.74) is 3.13. The standard InChI is InChI=1S/C16H19N3O2/c1-18(2)13-6-3-11(4-7-13)14-10-19-9-12(16(20)21)5-8-15(19)17-14/h3-4,6-7,10,12H,5,8-9H2,1-2H3,(H,20,21). The normalized spacial score (nSPS) is 17.3. The first-order valence-corrected chi connectivity index (χ1v) is 7.11. The molecule has 3 rings (SSSR count). The highest BCUT2D eigenvalue weighted by Crippen LogP contribution is 2.26. The number of carboxylic acids is 1. The zero-order valence-electron chi connectivity index (χ0n) is 12.3. The summed E-state index contributed by atoms with van der Waals surface area (Å²) in [6, 6.07) is 8.23. The van der Waals surface area contributed by atoms with Crippen LogP contribution >= 0.6 is 0 Å². The van der Waals surface area contributed by atoms with Gasteiger partial charge in [0, 0.05) is 44.5 Å². The molecule has 0 fully saturated rings. The number of aliphatic carboxylic acids is 1. The number of anilines is 1. The number of benzene rings is 1. The van der Waals surface area contributed by atoms with Crippen LogP contribution in [0.3, 0.4) is 0 Å². The van der Waals surface area contributed by atoms with Crippen LogP contribution in [0.2, 0.25) is 0 Å². The quantitative estimate of drug-likeness (QED) is 0.940. The number of aryl methyl sites for hydroxylation is 1. The summed E-state index contributed by atoms with van der Waals surface area (Å²) >= 11 is 0. The summed E-state index contributed by atoms with van der Waals surface area (Å²) in [6.07, 6.45) is 3.37. The van der Waals surface area contributed by atoms with E-state index in [-0.39, 0.29) is 5.92 Å². The van der Waals surface area contributed by atoms with Crippen molar-refractivity contribution in [3.05, 3.63) is 36.3 Å². The minimum Gasteiger partial charge on any atom is -0.481 e. The number of carboxylic acid groups (broad SMARTS) is 1. The van der Waals surface area contributed by atoms with Gasteiger partial charge in [-0.25, -0.2) is 4.98 Å². The highest BCUT2D eigenvalue weighted by atomic mass is 16.4. The molecule has 1 atom stereocenters. The maximum absolute atomic E-state index is 11.1. The monoisotopic (exact) mass is 285 g/mol. The van der Waals surface area contributed by atoms with E-state index >= 15 is 0 Å². The second kappa shape index (κ2) is 5.24. The van der Waals surface area contributed by atoms with Gasteiger partial charge < -0.3 is 14.6 Å². The van der Waals surface area contributed by atoms with E-state index < -0.39 is 5.97 Å². The van der Waals surface area contributed by atoms with Crippen LogP contribution in [-0.2, 0) is 17.8 Å². The first-order valence-electron chi connectivity index (χ1n) is 7.11. The Morgan fingerprint density at radius 3 is 2.67 bits per heavy atom. The Kier molecular flexibility index (Phi) is 3.41. The van der Waals surface area contributed by atoms with Crippen LogP contribution in [-0.4, -0.2) is 34.7 Å². The molecule has 1 unspecified atom stereocenters. The largest absolute Gasteiger partial charge is 0.481 e. The highest BCUT2D eigenvalue weighted by Gasteiger charge is 2.25. The molecule has 1 aromatic heterocycles. The summed E-state index contributed by atoms with van der Waals surface area (Å²) in [4.78, 5) is 17.8. The van der Waals surface area contributed by atoms with E-state index in [9.17, 15) is 4.79 Å². The molecule has 0 spiro atoms. The fraction of sp³-hybridized carbons (Fsp3) is 0.375. The molecule has 0 amide bonds. The van der Waals surface area contributed by atoms with Gasteiger partial charge in [-0.15, -0.1) is 0 Å². The molecule has 0 radical (unpaired) electrons. The van der Waals surface area contributed by atoms with Crippen molar-refractivity contribution in [1.82, 2.24) is 9.55 Å². The molecule has 1 N–H and O–H groups in total. The molecule has 21 heavy (non-hydrogen) atoms. The van der Waals surface area contributed by atoms with Crippen molar-refractivity contribution in [3.63, 3.8) is 0 Å². The summed E-state index contributed by atoms with van der Waals surface area (Å²) < 4.78 is 1.98. The van der Waals surface area contributed by atoms with Crippen LogP contribution < -0.4 is 4.90 Å². The van der Waals surface area contributed by atoms with Gasteiger partial charge in [0.05, 0.1) is 11.6 Å². The van der Waals surface area contributed by atoms with E-state index in [1.54, 1.807) is 0 Å². The lowest BCUT2D eigenvalue weighted by Gasteiger charge is -2.19. The van der Waals surface area contributed by atoms with Gasteiger partial charge in [0.1, 0.15) is 5.82 Å². The summed E-state index contributed by atoms with van der Waals surface area (Å²) in [5, 5.41) is 9.13. The number of carbonyl (C=O) groups is 1. The molecular weight excluding hydrogens is 266 g/mol. The molecule has 0 saturated carbocycles. The Hall–Kier alpha value is -2.30. The van der Waals surface area contributed by atoms with Crippen LogP contribution in [0, 0.1) is 5.92 Å². The Bertz CT molecular complexity index is 659. The SMILES string of the molecule is CN(C)c1ccc(-c2cn3c(n2)CCC(C(=O)O)C3)cc1. The first-order chi connectivity index (χ1) is 10.0. The van der Waals surface area contributed by atoms with E-state index in [0.717, 1.165) is 29.2 Å². The van der Waals surface area contributed by atoms with Crippen molar-refractivity contribution >= 4 is 11.7 Å². The number of imidazole rings is 1. The van der Waals surface area contributed by atoms with Gasteiger partial charge >= 0.3 is 5.97 Å². The number of rotatable bonds is 3. The van der Waals surface area contributed by atoms with Gasteiger partial charge in [-0.2, -0.15) is 0 Å². The predicted molar refractivity (Wildman–Crippen MR) is 81.4 cm³/mol. The molecular formula is C16H19N3O2. The summed E-state index contributed by atoms with van der Waals surface area (Å²) in [7, 11) is 4.02. The van der Waals surface area contributed by atoms with E-state index in [0.29, 0.717) is 13.0 Å². The zero-order chi connectivity index (χ0) is 15.0. The fourth-order valence-electron chi connectivity index (χ4n) is 2.71. The molecule has 1 aliphatic rings. The third-order valence-electron chi connectivity index (χ3n) is 4.02. The average molecular weight is 285 g/mol. The molecule has 0 aliphatic carbocycles. The summed E-state index contributed by atoms with van der Waals surface area (Å²) in [5.74, 6) is -0.0268. The molecule has 5 heteroatoms. The van der Waals surface area contributed by atoms with Gasteiger partial charge in [0.25, 0.3) is 0 Å². The molecule has 2 heterocycles. The van der Waals surface area contributed by atoms with Crippen LogP contribution in [0.1, 0.15) is 12.2 Å². The minimum absolute atomic E-state index is 0.296. The van der Waals surface area contributed by atoms with Gasteiger partial charge in [-0.3, -0.25) is 4.79 Å². The topological polar surface area (TPSA) is 58.4 Å². The Balaban J connectivity index is 1.86. The first kappa shape index (κ1) is 13.7. The zero-order valence-corrected chi connectivity index (χ0v) is 12.3. The molecule has 0 saturated heterocycles. The lowest BCUT2D eigenvalue weighted by Crippen LogP contribution is -2.26. The van der Waals surface area contributed by atoms with Crippen LogP contribution in [0.15, 0.2) is 30.5 Å². The van der Waals surface area contributed by atoms with Crippen LogP contribution in [0.25, 0.3) is 11.3 Å². The summed E-state index contributed by atoms with van der Waals surface area (Å²) in [6.45, 7) is 0.521. The van der Waals surface area contributed by atoms with Crippen molar-refractivity contribution in [1.29, 1.82) is 0 Å². The highest BCUT2D eigenvalue weighted by molar-refractivity contribution is 5.70. The van der Waals surface area contributed by atoms with E-state index in [2.05, 4.69) is 34.1 Å². The molecule has 110 valence electrons.